The third kappa shape index (κ3) is 4.92. The van der Waals surface area contributed by atoms with E-state index in [4.69, 9.17) is 11.1 Å². The van der Waals surface area contributed by atoms with E-state index in [-0.39, 0.29) is 16.7 Å². The van der Waals surface area contributed by atoms with Gasteiger partial charge in [-0.15, -0.1) is 0 Å². The minimum Gasteiger partial charge on any atom is -0.369 e. The molecule has 0 saturated heterocycles. The number of nitrogens with one attached hydrogen (secondary N) is 2. The zero-order valence-electron chi connectivity index (χ0n) is 15.0. The zero-order chi connectivity index (χ0) is 19.1. The number of nitro groups is 1. The Morgan fingerprint density at radius 2 is 2.12 bits per heavy atom. The summed E-state index contributed by atoms with van der Waals surface area (Å²) in [4.78, 5) is 11.1. The molecule has 8 nitrogen and oxygen atoms in total. The molecule has 0 unspecified atom stereocenters. The van der Waals surface area contributed by atoms with Crippen LogP contribution in [0.2, 0.25) is 0 Å². The van der Waals surface area contributed by atoms with Crippen LogP contribution in [0.4, 0.5) is 5.82 Å². The van der Waals surface area contributed by atoms with Crippen LogP contribution in [0.25, 0.3) is 5.69 Å². The number of para-hydroxylation sites is 1. The van der Waals surface area contributed by atoms with Crippen molar-refractivity contribution in [2.75, 3.05) is 0 Å². The van der Waals surface area contributed by atoms with Crippen molar-refractivity contribution in [2.24, 2.45) is 16.8 Å². The second kappa shape index (κ2) is 8.80. The van der Waals surface area contributed by atoms with Gasteiger partial charge in [-0.1, -0.05) is 32.0 Å². The highest BCUT2D eigenvalue weighted by molar-refractivity contribution is 5.75. The number of hydrogen-bond donors (Lipinski definition) is 3. The van der Waals surface area contributed by atoms with Crippen LogP contribution in [0.3, 0.4) is 0 Å². The van der Waals surface area contributed by atoms with E-state index in [0.717, 1.165) is 23.4 Å². The highest BCUT2D eigenvalue weighted by atomic mass is 16.6. The van der Waals surface area contributed by atoms with Crippen molar-refractivity contribution in [1.82, 2.24) is 9.99 Å². The van der Waals surface area contributed by atoms with Crippen molar-refractivity contribution in [1.29, 1.82) is 5.41 Å². The fourth-order valence-corrected chi connectivity index (χ4v) is 2.82. The van der Waals surface area contributed by atoms with Gasteiger partial charge in [-0.3, -0.25) is 5.41 Å². The van der Waals surface area contributed by atoms with Crippen molar-refractivity contribution in [3.8, 4) is 5.69 Å². The summed E-state index contributed by atoms with van der Waals surface area (Å²) >= 11 is 0. The Bertz CT molecular complexity index is 810. The van der Waals surface area contributed by atoms with Crippen LogP contribution in [0.1, 0.15) is 31.5 Å². The molecule has 0 saturated carbocycles. The van der Waals surface area contributed by atoms with Gasteiger partial charge in [0.05, 0.1) is 0 Å². The van der Waals surface area contributed by atoms with Crippen molar-refractivity contribution in [2.45, 2.75) is 33.1 Å². The Balaban J connectivity index is 2.35. The van der Waals surface area contributed by atoms with Crippen LogP contribution < -0.4 is 11.2 Å². The van der Waals surface area contributed by atoms with E-state index >= 15 is 0 Å². The summed E-state index contributed by atoms with van der Waals surface area (Å²) in [6.07, 6.45) is 3.58. The van der Waals surface area contributed by atoms with Gasteiger partial charge in [-0.05, 0) is 41.4 Å². The van der Waals surface area contributed by atoms with Gasteiger partial charge in [-0.2, -0.15) is 9.67 Å². The summed E-state index contributed by atoms with van der Waals surface area (Å²) in [5.41, 5.74) is 10.3. The molecule has 0 spiro atoms. The number of nitrogens with two attached hydrogens (primary N) is 1. The smallest absolute Gasteiger partial charge is 0.328 e. The summed E-state index contributed by atoms with van der Waals surface area (Å²) in [6.45, 7) is 4.25. The highest BCUT2D eigenvalue weighted by Gasteiger charge is 2.22. The lowest BCUT2D eigenvalue weighted by atomic mass is 10.0. The zero-order valence-corrected chi connectivity index (χ0v) is 15.0. The third-order valence-electron chi connectivity index (χ3n) is 3.79. The average molecular weight is 356 g/mol. The fraction of sp³-hybridized carbons (Fsp3) is 0.333. The number of rotatable bonds is 8. The number of aromatic nitrogens is 1. The molecule has 1 aromatic carbocycles. The first-order valence-corrected chi connectivity index (χ1v) is 8.45. The van der Waals surface area contributed by atoms with Gasteiger partial charge in [-0.25, -0.2) is 5.43 Å². The number of hydrogen-bond acceptors (Lipinski definition) is 4. The molecule has 0 atom stereocenters. The molecule has 0 amide bonds. The van der Waals surface area contributed by atoms with Gasteiger partial charge in [0.2, 0.25) is 5.96 Å². The molecule has 0 bridgehead atoms. The molecular weight excluding hydrogens is 332 g/mol. The second-order valence-electron chi connectivity index (χ2n) is 6.38. The number of benzene rings is 1. The van der Waals surface area contributed by atoms with Gasteiger partial charge in [0, 0.05) is 18.7 Å². The fourth-order valence-electron chi connectivity index (χ4n) is 2.82. The minimum atomic E-state index is -0.360. The Morgan fingerprint density at radius 3 is 2.77 bits per heavy atom. The van der Waals surface area contributed by atoms with Gasteiger partial charge >= 0.3 is 5.82 Å². The predicted molar refractivity (Wildman–Crippen MR) is 103 cm³/mol. The first-order valence-electron chi connectivity index (χ1n) is 8.45. The van der Waals surface area contributed by atoms with E-state index in [2.05, 4.69) is 24.4 Å². The SMILES string of the molecule is CC(C)Cc1ccccc1-n1c(CCC=NNC(=N)N)ccc1[N+](=O)[O-]. The lowest BCUT2D eigenvalue weighted by Crippen LogP contribution is -2.25. The normalized spacial score (nSPS) is 11.2. The van der Waals surface area contributed by atoms with E-state index in [9.17, 15) is 10.1 Å². The highest BCUT2D eigenvalue weighted by Crippen LogP contribution is 2.27. The topological polar surface area (TPSA) is 122 Å². The summed E-state index contributed by atoms with van der Waals surface area (Å²) in [7, 11) is 0. The molecule has 0 aliphatic rings. The quantitative estimate of drug-likeness (QED) is 0.291. The Labute approximate surface area is 152 Å². The van der Waals surface area contributed by atoms with Gasteiger partial charge in [0.25, 0.3) is 0 Å². The Morgan fingerprint density at radius 1 is 1.38 bits per heavy atom. The first kappa shape index (κ1) is 19.2. The van der Waals surface area contributed by atoms with Crippen molar-refractivity contribution < 1.29 is 4.92 Å². The van der Waals surface area contributed by atoms with Crippen LogP contribution in [-0.4, -0.2) is 21.7 Å². The van der Waals surface area contributed by atoms with E-state index in [1.807, 2.05) is 24.3 Å². The Hall–Kier alpha value is -3.16. The number of hydrazone groups is 1. The third-order valence-corrected chi connectivity index (χ3v) is 3.79. The maximum absolute atomic E-state index is 11.5. The van der Waals surface area contributed by atoms with Gasteiger partial charge in [0.15, 0.2) is 0 Å². The molecule has 2 rings (SSSR count). The van der Waals surface area contributed by atoms with Crippen LogP contribution in [0.15, 0.2) is 41.5 Å². The molecule has 8 heteroatoms. The molecule has 26 heavy (non-hydrogen) atoms. The molecule has 0 radical (unpaired) electrons. The lowest BCUT2D eigenvalue weighted by molar-refractivity contribution is -0.391. The van der Waals surface area contributed by atoms with E-state index in [0.29, 0.717) is 18.8 Å². The molecule has 4 N–H and O–H groups in total. The number of aryl methyl sites for hydroxylation is 1. The number of nitrogens with zero attached hydrogens (tertiary/aromatic N) is 3. The standard InChI is InChI=1S/C18H24N6O2/c1-13(2)12-14-6-3-4-8-16(14)23-15(9-10-17(23)24(25)26)7-5-11-21-22-18(19)20/h3-4,6,8-11,13H,5,7,12H2,1-2H3,(H4,19,20,22). The van der Waals surface area contributed by atoms with E-state index in [1.54, 1.807) is 16.8 Å². The van der Waals surface area contributed by atoms with Crippen LogP contribution >= 0.6 is 0 Å². The van der Waals surface area contributed by atoms with Crippen LogP contribution in [0, 0.1) is 21.4 Å². The minimum absolute atomic E-state index is 0.0509. The molecule has 1 aromatic heterocycles. The molecule has 138 valence electrons. The van der Waals surface area contributed by atoms with E-state index in [1.165, 1.54) is 6.07 Å². The van der Waals surface area contributed by atoms with E-state index < -0.39 is 0 Å². The predicted octanol–water partition coefficient (Wildman–Crippen LogP) is 2.99. The Kier molecular flexibility index (Phi) is 6.48. The van der Waals surface area contributed by atoms with Crippen molar-refractivity contribution >= 4 is 18.0 Å². The van der Waals surface area contributed by atoms with Gasteiger partial charge in [0.1, 0.15) is 11.4 Å². The van der Waals surface area contributed by atoms with Crippen molar-refractivity contribution in [3.63, 3.8) is 0 Å². The lowest BCUT2D eigenvalue weighted by Gasteiger charge is -2.12. The average Bonchev–Trinajstić information content (AvgIpc) is 2.98. The summed E-state index contributed by atoms with van der Waals surface area (Å²) < 4.78 is 1.71. The molecule has 2 aromatic rings. The maximum Gasteiger partial charge on any atom is 0.328 e. The molecular formula is C18H24N6O2. The molecule has 0 aliphatic carbocycles. The largest absolute Gasteiger partial charge is 0.369 e. The monoisotopic (exact) mass is 356 g/mol. The van der Waals surface area contributed by atoms with Crippen molar-refractivity contribution in [3.05, 3.63) is 57.8 Å². The molecule has 1 heterocycles. The second-order valence-corrected chi connectivity index (χ2v) is 6.38. The molecule has 0 fully saturated rings. The first-order chi connectivity index (χ1) is 12.4. The maximum atomic E-state index is 11.5. The van der Waals surface area contributed by atoms with Crippen LogP contribution in [-0.2, 0) is 12.8 Å². The summed E-state index contributed by atoms with van der Waals surface area (Å²) in [6, 6.07) is 11.1. The summed E-state index contributed by atoms with van der Waals surface area (Å²) in [5.74, 6) is 0.261. The van der Waals surface area contributed by atoms with Crippen LogP contribution in [0.5, 0.6) is 0 Å². The number of guanidine groups is 1. The summed E-state index contributed by atoms with van der Waals surface area (Å²) in [5, 5.41) is 22.4. The molecule has 0 aliphatic heterocycles. The van der Waals surface area contributed by atoms with Gasteiger partial charge < -0.3 is 15.8 Å².